The van der Waals surface area contributed by atoms with Crippen molar-refractivity contribution in [2.24, 2.45) is 5.41 Å². The molecule has 3 aromatic rings. The Morgan fingerprint density at radius 1 is 1.42 bits per heavy atom. The second-order valence-corrected chi connectivity index (χ2v) is 7.44. The van der Waals surface area contributed by atoms with Gasteiger partial charge < -0.3 is 9.88 Å². The Bertz CT molecular complexity index is 1050. The van der Waals surface area contributed by atoms with Crippen molar-refractivity contribution < 1.29 is 4.79 Å². The first-order valence-corrected chi connectivity index (χ1v) is 9.10. The van der Waals surface area contributed by atoms with Crippen molar-refractivity contribution in [2.75, 3.05) is 6.54 Å². The molecule has 3 aromatic heterocycles. The Labute approximate surface area is 150 Å². The molecule has 1 N–H and O–H groups in total. The molecule has 0 unspecified atom stereocenters. The van der Waals surface area contributed by atoms with Crippen LogP contribution in [0.4, 0.5) is 0 Å². The summed E-state index contributed by atoms with van der Waals surface area (Å²) in [4.78, 5) is 22.5. The molecule has 132 valence electrons. The lowest BCUT2D eigenvalue weighted by Crippen LogP contribution is -2.49. The largest absolute Gasteiger partial charge is 0.345 e. The second kappa shape index (κ2) is 5.31. The first-order chi connectivity index (χ1) is 12.6. The summed E-state index contributed by atoms with van der Waals surface area (Å²) in [5.74, 6) is 3.86. The zero-order valence-electron chi connectivity index (χ0n) is 14.6. The van der Waals surface area contributed by atoms with Gasteiger partial charge in [-0.3, -0.25) is 9.20 Å². The summed E-state index contributed by atoms with van der Waals surface area (Å²) < 4.78 is 2.06. The number of piperidine rings is 1. The number of amides is 1. The molecule has 2 atom stereocenters. The maximum Gasteiger partial charge on any atom is 0.241 e. The quantitative estimate of drug-likeness (QED) is 0.720. The number of carbonyl (C=O) groups excluding carboxylic acids is 1. The predicted octanol–water partition coefficient (Wildman–Crippen LogP) is 2.11. The van der Waals surface area contributed by atoms with Gasteiger partial charge >= 0.3 is 0 Å². The van der Waals surface area contributed by atoms with E-state index in [4.69, 9.17) is 6.42 Å². The van der Waals surface area contributed by atoms with Crippen molar-refractivity contribution >= 4 is 22.7 Å². The van der Waals surface area contributed by atoms with Crippen LogP contribution < -0.4 is 0 Å². The van der Waals surface area contributed by atoms with E-state index in [0.29, 0.717) is 0 Å². The molecule has 0 aromatic carbocycles. The molecule has 26 heavy (non-hydrogen) atoms. The predicted molar refractivity (Wildman–Crippen MR) is 96.3 cm³/mol. The average Bonchev–Trinajstić information content (AvgIpc) is 3.11. The minimum atomic E-state index is -0.555. The van der Waals surface area contributed by atoms with Crippen molar-refractivity contribution in [2.45, 2.75) is 44.6 Å². The lowest BCUT2D eigenvalue weighted by molar-refractivity contribution is -0.138. The van der Waals surface area contributed by atoms with E-state index in [1.807, 2.05) is 17.2 Å². The van der Waals surface area contributed by atoms with Gasteiger partial charge in [0.25, 0.3) is 0 Å². The maximum atomic E-state index is 13.0. The highest BCUT2D eigenvalue weighted by atomic mass is 16.2. The van der Waals surface area contributed by atoms with E-state index in [9.17, 15) is 4.79 Å². The van der Waals surface area contributed by atoms with Gasteiger partial charge in [0.15, 0.2) is 11.3 Å². The molecule has 5 rings (SSSR count). The van der Waals surface area contributed by atoms with Gasteiger partial charge in [0.2, 0.25) is 5.91 Å². The standard InChI is InChI=1S/C19H20N6O/c1-3-19(7-8-19)18(26)24-10-4-5-13(12(24)2)17-23-22-15-11-21-16-14(25(15)17)6-9-20-16/h1,6,9,11-13,20H,4-5,7-8,10H2,2H3/t12-,13-/m1/s1. The highest BCUT2D eigenvalue weighted by molar-refractivity contribution is 5.89. The minimum absolute atomic E-state index is 0.0385. The topological polar surface area (TPSA) is 79.2 Å². The molecule has 1 saturated heterocycles. The number of likely N-dealkylation sites (tertiary alicyclic amines) is 1. The Hall–Kier alpha value is -2.88. The molecule has 1 amide bonds. The van der Waals surface area contributed by atoms with Crippen LogP contribution in [0.15, 0.2) is 18.5 Å². The number of aromatic amines is 1. The molecule has 2 fully saturated rings. The van der Waals surface area contributed by atoms with Crippen molar-refractivity contribution in [1.29, 1.82) is 0 Å². The summed E-state index contributed by atoms with van der Waals surface area (Å²) in [6, 6.07) is 2.02. The summed E-state index contributed by atoms with van der Waals surface area (Å²) >= 11 is 0. The van der Waals surface area contributed by atoms with Crippen LogP contribution in [0.25, 0.3) is 16.8 Å². The van der Waals surface area contributed by atoms with Crippen LogP contribution in [0.1, 0.15) is 44.3 Å². The average molecular weight is 348 g/mol. The molecule has 0 bridgehead atoms. The lowest BCUT2D eigenvalue weighted by Gasteiger charge is -2.39. The van der Waals surface area contributed by atoms with E-state index in [-0.39, 0.29) is 17.9 Å². The first-order valence-electron chi connectivity index (χ1n) is 9.10. The number of fused-ring (bicyclic) bond motifs is 3. The van der Waals surface area contributed by atoms with Crippen LogP contribution in [0.2, 0.25) is 0 Å². The van der Waals surface area contributed by atoms with Crippen molar-refractivity contribution in [3.05, 3.63) is 24.3 Å². The van der Waals surface area contributed by atoms with Crippen molar-refractivity contribution in [3.63, 3.8) is 0 Å². The summed E-state index contributed by atoms with van der Waals surface area (Å²) in [6.07, 6.45) is 12.8. The number of rotatable bonds is 2. The first kappa shape index (κ1) is 15.4. The summed E-state index contributed by atoms with van der Waals surface area (Å²) in [5.41, 5.74) is 1.94. The van der Waals surface area contributed by atoms with Gasteiger partial charge in [-0.1, -0.05) is 5.92 Å². The summed E-state index contributed by atoms with van der Waals surface area (Å²) in [5, 5.41) is 8.78. The number of H-pyrrole nitrogens is 1. The van der Waals surface area contributed by atoms with E-state index in [1.165, 1.54) is 0 Å². The second-order valence-electron chi connectivity index (χ2n) is 7.44. The third kappa shape index (κ3) is 2.02. The zero-order chi connectivity index (χ0) is 17.9. The molecule has 2 aliphatic rings. The van der Waals surface area contributed by atoms with Crippen LogP contribution in [-0.4, -0.2) is 48.0 Å². The monoisotopic (exact) mass is 348 g/mol. The van der Waals surface area contributed by atoms with Gasteiger partial charge in [0.05, 0.1) is 11.7 Å². The van der Waals surface area contributed by atoms with E-state index in [1.54, 1.807) is 6.20 Å². The fourth-order valence-corrected chi connectivity index (χ4v) is 4.23. The van der Waals surface area contributed by atoms with Crippen LogP contribution in [0.5, 0.6) is 0 Å². The maximum absolute atomic E-state index is 13.0. The fourth-order valence-electron chi connectivity index (χ4n) is 4.23. The van der Waals surface area contributed by atoms with Gasteiger partial charge in [-0.2, -0.15) is 0 Å². The minimum Gasteiger partial charge on any atom is -0.345 e. The number of nitrogens with zero attached hydrogens (tertiary/aromatic N) is 5. The Kier molecular flexibility index (Phi) is 3.14. The van der Waals surface area contributed by atoms with Crippen LogP contribution in [0.3, 0.4) is 0 Å². The van der Waals surface area contributed by atoms with E-state index in [2.05, 4.69) is 37.4 Å². The molecule has 4 heterocycles. The van der Waals surface area contributed by atoms with E-state index < -0.39 is 5.41 Å². The highest BCUT2D eigenvalue weighted by Gasteiger charge is 2.52. The van der Waals surface area contributed by atoms with Gasteiger partial charge in [0, 0.05) is 24.7 Å². The molecule has 1 saturated carbocycles. The van der Waals surface area contributed by atoms with Gasteiger partial charge in [-0.15, -0.1) is 16.6 Å². The molecule has 7 nitrogen and oxygen atoms in total. The normalized spacial score (nSPS) is 24.7. The van der Waals surface area contributed by atoms with Crippen molar-refractivity contribution in [1.82, 2.24) is 29.5 Å². The molecular formula is C19H20N6O. The number of hydrogen-bond acceptors (Lipinski definition) is 4. The number of nitrogens with one attached hydrogen (secondary N) is 1. The van der Waals surface area contributed by atoms with Crippen LogP contribution >= 0.6 is 0 Å². The fraction of sp³-hybridized carbons (Fsp3) is 0.474. The van der Waals surface area contributed by atoms with E-state index >= 15 is 0 Å². The SMILES string of the molecule is C#CC1(C(=O)N2CCC[C@@H](c3nnc4cnc5[nH]ccc5n34)[C@H]2C)CC1. The molecule has 0 spiro atoms. The number of hydrogen-bond donors (Lipinski definition) is 1. The molecule has 7 heteroatoms. The number of carbonyl (C=O) groups is 1. The highest BCUT2D eigenvalue weighted by Crippen LogP contribution is 2.48. The molecule has 1 aliphatic heterocycles. The van der Waals surface area contributed by atoms with Crippen LogP contribution in [0, 0.1) is 17.8 Å². The Balaban J connectivity index is 1.56. The van der Waals surface area contributed by atoms with E-state index in [0.717, 1.165) is 54.9 Å². The summed E-state index contributed by atoms with van der Waals surface area (Å²) in [7, 11) is 0. The third-order valence-electron chi connectivity index (χ3n) is 5.98. The Morgan fingerprint density at radius 3 is 3.04 bits per heavy atom. The zero-order valence-corrected chi connectivity index (χ0v) is 14.6. The lowest BCUT2D eigenvalue weighted by atomic mass is 9.88. The molecule has 0 radical (unpaired) electrons. The smallest absolute Gasteiger partial charge is 0.241 e. The van der Waals surface area contributed by atoms with Crippen molar-refractivity contribution in [3.8, 4) is 12.3 Å². The van der Waals surface area contributed by atoms with Crippen LogP contribution in [-0.2, 0) is 4.79 Å². The Morgan fingerprint density at radius 2 is 2.27 bits per heavy atom. The molecular weight excluding hydrogens is 328 g/mol. The van der Waals surface area contributed by atoms with Gasteiger partial charge in [-0.25, -0.2) is 4.98 Å². The molecule has 1 aliphatic carbocycles. The summed E-state index contributed by atoms with van der Waals surface area (Å²) in [6.45, 7) is 2.86. The van der Waals surface area contributed by atoms with Gasteiger partial charge in [0.1, 0.15) is 11.2 Å². The third-order valence-corrected chi connectivity index (χ3v) is 5.98. The number of aromatic nitrogens is 5. The number of terminal acetylenes is 1. The van der Waals surface area contributed by atoms with Gasteiger partial charge in [-0.05, 0) is 38.7 Å².